The Hall–Kier alpha value is -4.39. The first-order chi connectivity index (χ1) is 18.5. The molecule has 1 unspecified atom stereocenters. The Labute approximate surface area is 221 Å². The quantitative estimate of drug-likeness (QED) is 0.180. The van der Waals surface area contributed by atoms with Crippen LogP contribution in [0.5, 0.6) is 23.3 Å². The molecule has 0 saturated carbocycles. The summed E-state index contributed by atoms with van der Waals surface area (Å²) in [5.74, 6) is -0.181. The van der Waals surface area contributed by atoms with E-state index in [1.165, 1.54) is 0 Å². The van der Waals surface area contributed by atoms with Crippen LogP contribution in [0.1, 0.15) is 39.5 Å². The molecule has 7 nitrogen and oxygen atoms in total. The Bertz CT molecular complexity index is 1520. The number of aromatic nitrogens is 3. The summed E-state index contributed by atoms with van der Waals surface area (Å²) < 4.78 is 6.13. The van der Waals surface area contributed by atoms with Crippen molar-refractivity contribution in [3.8, 4) is 46.0 Å². The van der Waals surface area contributed by atoms with Crippen molar-refractivity contribution in [1.82, 2.24) is 15.0 Å². The van der Waals surface area contributed by atoms with Gasteiger partial charge in [-0.3, -0.25) is 0 Å². The van der Waals surface area contributed by atoms with E-state index in [2.05, 4.69) is 24.9 Å². The Morgan fingerprint density at radius 1 is 0.737 bits per heavy atom. The molecule has 5 rings (SSSR count). The van der Waals surface area contributed by atoms with Crippen LogP contribution in [-0.4, -0.2) is 36.9 Å². The molecule has 0 radical (unpaired) electrons. The monoisotopic (exact) mass is 509 g/mol. The Morgan fingerprint density at radius 2 is 1.32 bits per heavy atom. The van der Waals surface area contributed by atoms with Crippen molar-refractivity contribution in [2.45, 2.75) is 39.5 Å². The summed E-state index contributed by atoms with van der Waals surface area (Å²) in [6.45, 7) is 4.76. The molecule has 194 valence electrons. The van der Waals surface area contributed by atoms with Gasteiger partial charge in [0.2, 0.25) is 0 Å². The number of aromatic hydroxyl groups is 3. The van der Waals surface area contributed by atoms with Crippen LogP contribution in [0.2, 0.25) is 0 Å². The fourth-order valence-corrected chi connectivity index (χ4v) is 4.82. The van der Waals surface area contributed by atoms with Crippen LogP contribution >= 0.6 is 0 Å². The SMILES string of the molecule is CCCCC(CC)COc1nc(-c2c(O)cc(O)cc2O)nc(-c2c3ccccc3cc3ccccc23)n1. The summed E-state index contributed by atoms with van der Waals surface area (Å²) in [6.07, 6.45) is 4.25. The van der Waals surface area contributed by atoms with Crippen molar-refractivity contribution in [3.05, 3.63) is 66.7 Å². The number of phenolic OH excluding ortho intramolecular Hbond substituents is 3. The first-order valence-electron chi connectivity index (χ1n) is 13.0. The van der Waals surface area contributed by atoms with Crippen LogP contribution in [0.3, 0.4) is 0 Å². The standard InChI is InChI=1S/C31H31N3O4/c1-3-5-10-19(4-2)18-38-31-33-29(32-30(34-31)28-25(36)16-22(35)17-26(28)37)27-23-13-8-6-11-20(23)15-21-12-7-9-14-24(21)27/h6-9,11-17,19,35-37H,3-5,10,18H2,1-2H3. The second-order valence-corrected chi connectivity index (χ2v) is 9.55. The molecule has 0 aliphatic heterocycles. The van der Waals surface area contributed by atoms with E-state index < -0.39 is 0 Å². The van der Waals surface area contributed by atoms with Gasteiger partial charge < -0.3 is 20.1 Å². The third-order valence-corrected chi connectivity index (χ3v) is 6.91. The molecule has 0 amide bonds. The summed E-state index contributed by atoms with van der Waals surface area (Å²) in [5.41, 5.74) is 0.807. The second-order valence-electron chi connectivity index (χ2n) is 9.55. The summed E-state index contributed by atoms with van der Waals surface area (Å²) in [5, 5.41) is 35.1. The van der Waals surface area contributed by atoms with Gasteiger partial charge in [-0.05, 0) is 39.9 Å². The number of benzene rings is 4. The van der Waals surface area contributed by atoms with Crippen LogP contribution in [-0.2, 0) is 0 Å². The van der Waals surface area contributed by atoms with E-state index in [1.54, 1.807) is 0 Å². The topological polar surface area (TPSA) is 109 Å². The molecule has 0 spiro atoms. The molecule has 0 saturated heterocycles. The van der Waals surface area contributed by atoms with Gasteiger partial charge in [0.1, 0.15) is 22.8 Å². The minimum absolute atomic E-state index is 0.00105. The molecule has 5 aromatic rings. The van der Waals surface area contributed by atoms with Gasteiger partial charge in [0, 0.05) is 17.7 Å². The van der Waals surface area contributed by atoms with E-state index in [0.717, 1.165) is 64.9 Å². The van der Waals surface area contributed by atoms with Crippen LogP contribution in [0, 0.1) is 5.92 Å². The molecule has 7 heteroatoms. The number of hydrogen-bond donors (Lipinski definition) is 3. The van der Waals surface area contributed by atoms with Gasteiger partial charge in [0.25, 0.3) is 0 Å². The van der Waals surface area contributed by atoms with Crippen LogP contribution in [0.25, 0.3) is 44.3 Å². The van der Waals surface area contributed by atoms with Crippen molar-refractivity contribution in [3.63, 3.8) is 0 Å². The molecule has 3 N–H and O–H groups in total. The number of rotatable bonds is 9. The zero-order valence-corrected chi connectivity index (χ0v) is 21.6. The highest BCUT2D eigenvalue weighted by Crippen LogP contribution is 2.41. The number of phenols is 3. The third kappa shape index (κ3) is 5.05. The lowest BCUT2D eigenvalue weighted by Gasteiger charge is -2.16. The van der Waals surface area contributed by atoms with E-state index >= 15 is 0 Å². The normalized spacial score (nSPS) is 12.2. The van der Waals surface area contributed by atoms with Crippen molar-refractivity contribution < 1.29 is 20.1 Å². The van der Waals surface area contributed by atoms with E-state index in [1.807, 2.05) is 48.5 Å². The zero-order chi connectivity index (χ0) is 26.6. The van der Waals surface area contributed by atoms with E-state index in [9.17, 15) is 15.3 Å². The van der Waals surface area contributed by atoms with E-state index in [0.29, 0.717) is 18.3 Å². The second kappa shape index (κ2) is 10.9. The minimum atomic E-state index is -0.345. The molecule has 1 heterocycles. The van der Waals surface area contributed by atoms with Gasteiger partial charge in [-0.1, -0.05) is 81.6 Å². The van der Waals surface area contributed by atoms with Crippen LogP contribution < -0.4 is 4.74 Å². The minimum Gasteiger partial charge on any atom is -0.508 e. The highest BCUT2D eigenvalue weighted by Gasteiger charge is 2.21. The molecular formula is C31H31N3O4. The molecule has 0 bridgehead atoms. The summed E-state index contributed by atoms with van der Waals surface area (Å²) in [4.78, 5) is 13.9. The summed E-state index contributed by atoms with van der Waals surface area (Å²) in [6, 6.07) is 20.6. The molecule has 0 fully saturated rings. The predicted molar refractivity (Wildman–Crippen MR) is 150 cm³/mol. The number of ether oxygens (including phenoxy) is 1. The predicted octanol–water partition coefficient (Wildman–Crippen LogP) is 7.22. The highest BCUT2D eigenvalue weighted by atomic mass is 16.5. The highest BCUT2D eigenvalue weighted by molar-refractivity contribution is 6.11. The number of unbranched alkanes of at least 4 members (excludes halogenated alkanes) is 1. The molecular weight excluding hydrogens is 478 g/mol. The Kier molecular flexibility index (Phi) is 7.26. The maximum atomic E-state index is 10.6. The van der Waals surface area contributed by atoms with Gasteiger partial charge in [0.05, 0.1) is 6.61 Å². The number of fused-ring (bicyclic) bond motifs is 2. The number of hydrogen-bond acceptors (Lipinski definition) is 7. The first kappa shape index (κ1) is 25.3. The average molecular weight is 510 g/mol. The first-order valence-corrected chi connectivity index (χ1v) is 13.0. The van der Waals surface area contributed by atoms with Crippen molar-refractivity contribution >= 4 is 21.5 Å². The van der Waals surface area contributed by atoms with Crippen LogP contribution in [0.15, 0.2) is 66.7 Å². The lowest BCUT2D eigenvalue weighted by atomic mass is 9.96. The van der Waals surface area contributed by atoms with Gasteiger partial charge in [-0.15, -0.1) is 0 Å². The fraction of sp³-hybridized carbons (Fsp3) is 0.258. The molecule has 38 heavy (non-hydrogen) atoms. The Balaban J connectivity index is 1.72. The van der Waals surface area contributed by atoms with Crippen molar-refractivity contribution in [1.29, 1.82) is 0 Å². The molecule has 1 atom stereocenters. The zero-order valence-electron chi connectivity index (χ0n) is 21.6. The van der Waals surface area contributed by atoms with Gasteiger partial charge in [-0.2, -0.15) is 9.97 Å². The largest absolute Gasteiger partial charge is 0.508 e. The van der Waals surface area contributed by atoms with Gasteiger partial charge >= 0.3 is 6.01 Å². The smallest absolute Gasteiger partial charge is 0.320 e. The average Bonchev–Trinajstić information content (AvgIpc) is 2.91. The van der Waals surface area contributed by atoms with Gasteiger partial charge in [0.15, 0.2) is 11.6 Å². The molecule has 1 aromatic heterocycles. The Morgan fingerprint density at radius 3 is 1.89 bits per heavy atom. The van der Waals surface area contributed by atoms with E-state index in [4.69, 9.17) is 14.7 Å². The van der Waals surface area contributed by atoms with Crippen LogP contribution in [0.4, 0.5) is 0 Å². The molecule has 0 aliphatic carbocycles. The fourth-order valence-electron chi connectivity index (χ4n) is 4.82. The lowest BCUT2D eigenvalue weighted by molar-refractivity contribution is 0.217. The van der Waals surface area contributed by atoms with E-state index in [-0.39, 0.29) is 34.6 Å². The maximum Gasteiger partial charge on any atom is 0.320 e. The summed E-state index contributed by atoms with van der Waals surface area (Å²) in [7, 11) is 0. The molecule has 4 aromatic carbocycles. The van der Waals surface area contributed by atoms with Gasteiger partial charge in [-0.25, -0.2) is 4.98 Å². The molecule has 0 aliphatic rings. The maximum absolute atomic E-state index is 10.6. The van der Waals surface area contributed by atoms with Crippen molar-refractivity contribution in [2.75, 3.05) is 6.61 Å². The van der Waals surface area contributed by atoms with Crippen molar-refractivity contribution in [2.24, 2.45) is 5.92 Å². The third-order valence-electron chi connectivity index (χ3n) is 6.91. The summed E-state index contributed by atoms with van der Waals surface area (Å²) >= 11 is 0. The lowest BCUT2D eigenvalue weighted by Crippen LogP contribution is -2.13. The number of nitrogens with zero attached hydrogens (tertiary/aromatic N) is 3.